The molecule has 0 aromatic heterocycles. The van der Waals surface area contributed by atoms with Gasteiger partial charge in [0.25, 0.3) is 0 Å². The van der Waals surface area contributed by atoms with Crippen molar-refractivity contribution in [1.82, 2.24) is 0 Å². The summed E-state index contributed by atoms with van der Waals surface area (Å²) >= 11 is 6.06. The lowest BCUT2D eigenvalue weighted by atomic mass is 10.1. The minimum absolute atomic E-state index is 0.0270. The maximum atomic E-state index is 11.8. The van der Waals surface area contributed by atoms with Gasteiger partial charge in [0.1, 0.15) is 0 Å². The lowest BCUT2D eigenvalue weighted by Gasteiger charge is -2.07. The fraction of sp³-hybridized carbons (Fsp3) is 0.438. The van der Waals surface area contributed by atoms with E-state index in [2.05, 4.69) is 24.1 Å². The number of carbonyl (C=O) groups excluding carboxylic acids is 1. The topological polar surface area (TPSA) is 49.3 Å². The summed E-state index contributed by atoms with van der Waals surface area (Å²) in [4.78, 5) is 11.8. The molecule has 0 saturated heterocycles. The molecular weight excluding hydrogens is 274 g/mol. The molecule has 0 radical (unpaired) electrons. The van der Waals surface area contributed by atoms with Crippen molar-refractivity contribution in [3.05, 3.63) is 28.8 Å². The van der Waals surface area contributed by atoms with E-state index >= 15 is 0 Å². The number of unbranched alkanes of at least 4 members (excludes halogenated alkanes) is 2. The fourth-order valence-corrected chi connectivity index (χ4v) is 1.83. The number of hydrogen-bond donors (Lipinski definition) is 2. The summed E-state index contributed by atoms with van der Waals surface area (Å²) in [5.41, 5.74) is 1.36. The highest BCUT2D eigenvalue weighted by Crippen LogP contribution is 2.23. The van der Waals surface area contributed by atoms with Gasteiger partial charge in [-0.2, -0.15) is 0 Å². The molecule has 2 N–H and O–H groups in total. The van der Waals surface area contributed by atoms with Crippen LogP contribution in [0.5, 0.6) is 0 Å². The van der Waals surface area contributed by atoms with E-state index in [0.29, 0.717) is 23.6 Å². The highest BCUT2D eigenvalue weighted by Gasteiger charge is 2.06. The fourth-order valence-electron chi connectivity index (χ4n) is 1.67. The predicted molar refractivity (Wildman–Crippen MR) is 82.8 cm³/mol. The zero-order chi connectivity index (χ0) is 14.8. The first-order valence-electron chi connectivity index (χ1n) is 6.86. The minimum atomic E-state index is -0.0270. The molecule has 0 fully saturated rings. The van der Waals surface area contributed by atoms with Crippen LogP contribution in [0.3, 0.4) is 0 Å². The zero-order valence-electron chi connectivity index (χ0n) is 11.7. The maximum absolute atomic E-state index is 11.8. The maximum Gasteiger partial charge on any atom is 0.224 e. The highest BCUT2D eigenvalue weighted by atomic mass is 35.5. The lowest BCUT2D eigenvalue weighted by molar-refractivity contribution is -0.116. The van der Waals surface area contributed by atoms with Crippen molar-refractivity contribution in [2.45, 2.75) is 39.0 Å². The summed E-state index contributed by atoms with van der Waals surface area (Å²) in [6.45, 7) is 2.14. The van der Waals surface area contributed by atoms with Crippen LogP contribution in [0.4, 0.5) is 5.69 Å². The van der Waals surface area contributed by atoms with Gasteiger partial charge in [0.2, 0.25) is 5.91 Å². The minimum Gasteiger partial charge on any atom is -0.395 e. The van der Waals surface area contributed by atoms with Crippen LogP contribution in [-0.4, -0.2) is 17.6 Å². The molecule has 108 valence electrons. The van der Waals surface area contributed by atoms with E-state index in [0.717, 1.165) is 24.8 Å². The molecule has 0 atom stereocenters. The zero-order valence-corrected chi connectivity index (χ0v) is 12.5. The smallest absolute Gasteiger partial charge is 0.224 e. The molecule has 1 aromatic carbocycles. The SMILES string of the molecule is CCCCCC(=O)Nc1cc(C#CCCO)ccc1Cl. The van der Waals surface area contributed by atoms with Crippen LogP contribution >= 0.6 is 11.6 Å². The average molecular weight is 294 g/mol. The van der Waals surface area contributed by atoms with Crippen LogP contribution in [0.1, 0.15) is 44.6 Å². The summed E-state index contributed by atoms with van der Waals surface area (Å²) in [6, 6.07) is 5.26. The molecule has 0 saturated carbocycles. The Kier molecular flexibility index (Phi) is 7.79. The van der Waals surface area contributed by atoms with E-state index in [1.807, 2.05) is 0 Å². The molecule has 1 aromatic rings. The average Bonchev–Trinajstić information content (AvgIpc) is 2.43. The summed E-state index contributed by atoms with van der Waals surface area (Å²) in [6.07, 6.45) is 3.96. The quantitative estimate of drug-likeness (QED) is 0.622. The molecule has 4 heteroatoms. The summed E-state index contributed by atoms with van der Waals surface area (Å²) in [5, 5.41) is 12.0. The van der Waals surface area contributed by atoms with Crippen molar-refractivity contribution in [3.63, 3.8) is 0 Å². The number of rotatable bonds is 6. The molecule has 0 aliphatic heterocycles. The van der Waals surface area contributed by atoms with Crippen molar-refractivity contribution in [3.8, 4) is 11.8 Å². The Morgan fingerprint density at radius 1 is 1.40 bits per heavy atom. The van der Waals surface area contributed by atoms with E-state index in [9.17, 15) is 4.79 Å². The summed E-state index contributed by atoms with van der Waals surface area (Å²) < 4.78 is 0. The first kappa shape index (κ1) is 16.6. The molecule has 0 aliphatic rings. The molecule has 1 amide bonds. The Hall–Kier alpha value is -1.50. The van der Waals surface area contributed by atoms with Gasteiger partial charge in [-0.3, -0.25) is 4.79 Å². The molecule has 3 nitrogen and oxygen atoms in total. The van der Waals surface area contributed by atoms with Crippen molar-refractivity contribution < 1.29 is 9.90 Å². The molecule has 0 unspecified atom stereocenters. The Morgan fingerprint density at radius 3 is 2.90 bits per heavy atom. The highest BCUT2D eigenvalue weighted by molar-refractivity contribution is 6.33. The second kappa shape index (κ2) is 9.41. The van der Waals surface area contributed by atoms with Gasteiger partial charge >= 0.3 is 0 Å². The molecule has 20 heavy (non-hydrogen) atoms. The first-order chi connectivity index (χ1) is 9.67. The third-order valence-electron chi connectivity index (χ3n) is 2.72. The third kappa shape index (κ3) is 6.10. The van der Waals surface area contributed by atoms with Crippen LogP contribution in [0.15, 0.2) is 18.2 Å². The van der Waals surface area contributed by atoms with Crippen LogP contribution in [0, 0.1) is 11.8 Å². The number of aliphatic hydroxyl groups is 1. The summed E-state index contributed by atoms with van der Waals surface area (Å²) in [7, 11) is 0. The van der Waals surface area contributed by atoms with E-state index in [1.54, 1.807) is 18.2 Å². The second-order valence-corrected chi connectivity index (χ2v) is 4.88. The van der Waals surface area contributed by atoms with Gasteiger partial charge in [-0.1, -0.05) is 43.2 Å². The van der Waals surface area contributed by atoms with Crippen LogP contribution in [0.2, 0.25) is 5.02 Å². The first-order valence-corrected chi connectivity index (χ1v) is 7.24. The Morgan fingerprint density at radius 2 is 2.20 bits per heavy atom. The number of halogens is 1. The van der Waals surface area contributed by atoms with Crippen molar-refractivity contribution in [2.75, 3.05) is 11.9 Å². The molecule has 0 spiro atoms. The standard InChI is InChI=1S/C16H20ClNO2/c1-2-3-4-8-16(20)18-15-12-13(7-5-6-11-19)9-10-14(15)17/h9-10,12,19H,2-4,6,8,11H2,1H3,(H,18,20). The Labute approximate surface area is 125 Å². The Bertz CT molecular complexity index is 503. The van der Waals surface area contributed by atoms with Gasteiger partial charge in [-0.15, -0.1) is 0 Å². The largest absolute Gasteiger partial charge is 0.395 e. The monoisotopic (exact) mass is 293 g/mol. The predicted octanol–water partition coefficient (Wildman–Crippen LogP) is 3.59. The van der Waals surface area contributed by atoms with Gasteiger partial charge in [-0.25, -0.2) is 0 Å². The second-order valence-electron chi connectivity index (χ2n) is 4.48. The lowest BCUT2D eigenvalue weighted by Crippen LogP contribution is -2.11. The van der Waals surface area contributed by atoms with Gasteiger partial charge in [0, 0.05) is 18.4 Å². The number of nitrogens with one attached hydrogen (secondary N) is 1. The number of aliphatic hydroxyl groups excluding tert-OH is 1. The molecule has 0 bridgehead atoms. The van der Waals surface area contributed by atoms with E-state index in [1.165, 1.54) is 0 Å². The number of benzene rings is 1. The van der Waals surface area contributed by atoms with Crippen molar-refractivity contribution in [1.29, 1.82) is 0 Å². The van der Waals surface area contributed by atoms with Crippen molar-refractivity contribution >= 4 is 23.2 Å². The molecule has 1 rings (SSSR count). The van der Waals surface area contributed by atoms with Crippen molar-refractivity contribution in [2.24, 2.45) is 0 Å². The summed E-state index contributed by atoms with van der Waals surface area (Å²) in [5.74, 6) is 5.73. The van der Waals surface area contributed by atoms with Gasteiger partial charge in [0.05, 0.1) is 17.3 Å². The molecule has 0 aliphatic carbocycles. The number of carbonyl (C=O) groups is 1. The Balaban J connectivity index is 2.67. The molecular formula is C16H20ClNO2. The number of anilines is 1. The van der Waals surface area contributed by atoms with Gasteiger partial charge in [-0.05, 0) is 24.6 Å². The van der Waals surface area contributed by atoms with Gasteiger partial charge < -0.3 is 10.4 Å². The van der Waals surface area contributed by atoms with E-state index in [-0.39, 0.29) is 12.5 Å². The van der Waals surface area contributed by atoms with Crippen LogP contribution in [0.25, 0.3) is 0 Å². The van der Waals surface area contributed by atoms with Gasteiger partial charge in [0.15, 0.2) is 0 Å². The van der Waals surface area contributed by atoms with E-state index in [4.69, 9.17) is 16.7 Å². The third-order valence-corrected chi connectivity index (χ3v) is 3.05. The van der Waals surface area contributed by atoms with Crippen LogP contribution < -0.4 is 5.32 Å². The normalized spacial score (nSPS) is 9.75. The number of amides is 1. The number of hydrogen-bond acceptors (Lipinski definition) is 2. The van der Waals surface area contributed by atoms with E-state index < -0.39 is 0 Å². The molecule has 0 heterocycles. The van der Waals surface area contributed by atoms with Crippen LogP contribution in [-0.2, 0) is 4.79 Å².